The fraction of sp³-hybridized carbons (Fsp3) is 0.484. The molecule has 0 radical (unpaired) electrons. The second-order valence-electron chi connectivity index (χ2n) is 12.2. The number of fused-ring (bicyclic) bond motifs is 1. The van der Waals surface area contributed by atoms with Crippen LogP contribution in [0.5, 0.6) is 5.75 Å². The molecule has 1 N–H and O–H groups in total. The molecule has 228 valence electrons. The Balaban J connectivity index is 1.43. The molecule has 0 amide bonds. The fourth-order valence-electron chi connectivity index (χ4n) is 6.63. The van der Waals surface area contributed by atoms with Gasteiger partial charge in [-0.25, -0.2) is 18.1 Å². The van der Waals surface area contributed by atoms with Crippen LogP contribution in [0.25, 0.3) is 28.0 Å². The summed E-state index contributed by atoms with van der Waals surface area (Å²) >= 11 is 0. The van der Waals surface area contributed by atoms with Crippen LogP contribution in [0.3, 0.4) is 0 Å². The predicted molar refractivity (Wildman–Crippen MR) is 170 cm³/mol. The van der Waals surface area contributed by atoms with Crippen LogP contribution in [0, 0.1) is 12.8 Å². The van der Waals surface area contributed by atoms with Gasteiger partial charge in [-0.15, -0.1) is 0 Å². The topological polar surface area (TPSA) is 118 Å². The molecule has 1 aliphatic heterocycles. The molecule has 5 heterocycles. The molecular weight excluding hydrogens is 564 g/mol. The van der Waals surface area contributed by atoms with Crippen molar-refractivity contribution in [1.29, 1.82) is 0 Å². The number of methoxy groups -OCH3 is 1. The maximum atomic E-state index is 12.0. The van der Waals surface area contributed by atoms with Gasteiger partial charge in [0.15, 0.2) is 5.82 Å². The zero-order chi connectivity index (χ0) is 30.5. The molecule has 1 saturated heterocycles. The van der Waals surface area contributed by atoms with Crippen molar-refractivity contribution in [3.63, 3.8) is 0 Å². The van der Waals surface area contributed by atoms with Crippen molar-refractivity contribution >= 4 is 32.2 Å². The largest absolute Gasteiger partial charge is 0.496 e. The van der Waals surface area contributed by atoms with Gasteiger partial charge in [0.05, 0.1) is 35.8 Å². The molecule has 2 aliphatic rings. The highest BCUT2D eigenvalue weighted by Crippen LogP contribution is 2.36. The highest BCUT2D eigenvalue weighted by atomic mass is 32.2. The van der Waals surface area contributed by atoms with Gasteiger partial charge in [-0.2, -0.15) is 5.10 Å². The van der Waals surface area contributed by atoms with Crippen LogP contribution < -0.4 is 15.0 Å². The van der Waals surface area contributed by atoms with Crippen LogP contribution in [0.1, 0.15) is 31.9 Å². The number of likely N-dealkylation sites (N-methyl/N-ethyl adjacent to an activating group) is 1. The van der Waals surface area contributed by atoms with Crippen LogP contribution in [0.15, 0.2) is 42.9 Å². The second-order valence-corrected chi connectivity index (χ2v) is 14.4. The van der Waals surface area contributed by atoms with E-state index in [0.717, 1.165) is 52.2 Å². The van der Waals surface area contributed by atoms with E-state index in [2.05, 4.69) is 47.2 Å². The standard InChI is InChI=1S/C31H40N8O3S/c1-19-23-16-33-39(28(23)14-26(34-19)24-15-32-11-10-29(24)42-5)31-13-22(38-17-21(20(38)2)18-43(6,40)41)12-30(36-31)35-25-8-7-9-27(25)37(3)4/h10-16,20-21,25,27H,7-9,17-18H2,1-6H3,(H,35,36)/t20-,21-,25-,27-/m1/s1. The molecule has 12 heteroatoms. The Bertz CT molecular complexity index is 1760. The van der Waals surface area contributed by atoms with E-state index < -0.39 is 9.84 Å². The Morgan fingerprint density at radius 1 is 1.14 bits per heavy atom. The summed E-state index contributed by atoms with van der Waals surface area (Å²) in [5.41, 5.74) is 4.26. The molecule has 4 aromatic heterocycles. The first-order valence-electron chi connectivity index (χ1n) is 14.8. The van der Waals surface area contributed by atoms with Gasteiger partial charge in [0, 0.05) is 78.1 Å². The molecule has 6 rings (SSSR count). The van der Waals surface area contributed by atoms with E-state index in [1.54, 1.807) is 19.5 Å². The van der Waals surface area contributed by atoms with Crippen LogP contribution in [0.4, 0.5) is 11.5 Å². The van der Waals surface area contributed by atoms with E-state index in [-0.39, 0.29) is 23.8 Å². The number of aromatic nitrogens is 5. The number of nitrogens with zero attached hydrogens (tertiary/aromatic N) is 7. The lowest BCUT2D eigenvalue weighted by Crippen LogP contribution is -2.57. The second kappa shape index (κ2) is 11.4. The van der Waals surface area contributed by atoms with Crippen LogP contribution in [-0.2, 0) is 9.84 Å². The van der Waals surface area contributed by atoms with Crippen molar-refractivity contribution in [1.82, 2.24) is 29.6 Å². The first-order chi connectivity index (χ1) is 20.5. The van der Waals surface area contributed by atoms with Crippen molar-refractivity contribution in [3.05, 3.63) is 48.5 Å². The number of anilines is 2. The molecule has 0 bridgehead atoms. The van der Waals surface area contributed by atoms with Gasteiger partial charge in [0.25, 0.3) is 0 Å². The lowest BCUT2D eigenvalue weighted by molar-refractivity contribution is 0.285. The normalized spacial score (nSPS) is 22.3. The number of aryl methyl sites for hydroxylation is 1. The minimum Gasteiger partial charge on any atom is -0.496 e. The highest BCUT2D eigenvalue weighted by molar-refractivity contribution is 7.90. The average Bonchev–Trinajstić information content (AvgIpc) is 3.62. The number of nitrogens with one attached hydrogen (secondary N) is 1. The van der Waals surface area contributed by atoms with Crippen molar-refractivity contribution in [2.45, 2.75) is 51.2 Å². The Hall–Kier alpha value is -3.77. The first-order valence-corrected chi connectivity index (χ1v) is 16.8. The quantitative estimate of drug-likeness (QED) is 0.301. The Labute approximate surface area is 253 Å². The van der Waals surface area contributed by atoms with Gasteiger partial charge >= 0.3 is 0 Å². The van der Waals surface area contributed by atoms with E-state index in [1.807, 2.05) is 36.0 Å². The fourth-order valence-corrected chi connectivity index (χ4v) is 7.79. The van der Waals surface area contributed by atoms with Gasteiger partial charge in [-0.3, -0.25) is 9.97 Å². The number of sulfone groups is 1. The summed E-state index contributed by atoms with van der Waals surface area (Å²) in [6.07, 6.45) is 9.99. The van der Waals surface area contributed by atoms with Crippen molar-refractivity contribution in [2.75, 3.05) is 50.0 Å². The average molecular weight is 605 g/mol. The molecule has 0 unspecified atom stereocenters. The molecule has 2 fully saturated rings. The SMILES string of the molecule is COc1ccncc1-c1cc2c(cnn2-c2cc(N3C[C@H](CS(C)(=O)=O)[C@H]3C)cc(N[C@@H]3CCC[C@H]3N(C)C)n2)c(C)n1. The zero-order valence-corrected chi connectivity index (χ0v) is 26.5. The molecule has 0 spiro atoms. The van der Waals surface area contributed by atoms with Crippen LogP contribution in [-0.4, -0.2) is 95.9 Å². The molecule has 1 saturated carbocycles. The lowest BCUT2D eigenvalue weighted by Gasteiger charge is -2.48. The minimum absolute atomic E-state index is 0.0873. The van der Waals surface area contributed by atoms with Gasteiger partial charge in [0.2, 0.25) is 0 Å². The predicted octanol–water partition coefficient (Wildman–Crippen LogP) is 3.96. The van der Waals surface area contributed by atoms with E-state index in [9.17, 15) is 8.42 Å². The zero-order valence-electron chi connectivity index (χ0n) is 25.6. The van der Waals surface area contributed by atoms with E-state index in [4.69, 9.17) is 19.8 Å². The molecule has 1 aliphatic carbocycles. The summed E-state index contributed by atoms with van der Waals surface area (Å²) < 4.78 is 31.5. The maximum absolute atomic E-state index is 12.0. The molecule has 4 atom stereocenters. The summed E-state index contributed by atoms with van der Waals surface area (Å²) in [6, 6.07) is 8.75. The highest BCUT2D eigenvalue weighted by Gasteiger charge is 2.38. The minimum atomic E-state index is -3.05. The molecule has 11 nitrogen and oxygen atoms in total. The molecule has 4 aromatic rings. The number of hydrogen-bond donors (Lipinski definition) is 1. The molecule has 43 heavy (non-hydrogen) atoms. The molecule has 0 aromatic carbocycles. The van der Waals surface area contributed by atoms with Gasteiger partial charge in [-0.1, -0.05) is 0 Å². The summed E-state index contributed by atoms with van der Waals surface area (Å²) in [5.74, 6) is 2.45. The van der Waals surface area contributed by atoms with E-state index >= 15 is 0 Å². The number of rotatable bonds is 9. The smallest absolute Gasteiger partial charge is 0.158 e. The third-order valence-electron chi connectivity index (χ3n) is 8.98. The number of ether oxygens (including phenoxy) is 1. The van der Waals surface area contributed by atoms with Crippen LogP contribution in [0.2, 0.25) is 0 Å². The third kappa shape index (κ3) is 5.77. The Morgan fingerprint density at radius 2 is 1.95 bits per heavy atom. The third-order valence-corrected chi connectivity index (χ3v) is 10.0. The number of hydrogen-bond acceptors (Lipinski definition) is 10. The van der Waals surface area contributed by atoms with Crippen molar-refractivity contribution in [2.24, 2.45) is 5.92 Å². The van der Waals surface area contributed by atoms with E-state index in [0.29, 0.717) is 24.2 Å². The first kappa shape index (κ1) is 29.3. The van der Waals surface area contributed by atoms with Gasteiger partial charge < -0.3 is 19.9 Å². The van der Waals surface area contributed by atoms with Crippen LogP contribution >= 0.6 is 0 Å². The van der Waals surface area contributed by atoms with E-state index in [1.165, 1.54) is 12.7 Å². The summed E-state index contributed by atoms with van der Waals surface area (Å²) in [7, 11) is 2.84. The monoisotopic (exact) mass is 604 g/mol. The van der Waals surface area contributed by atoms with Gasteiger partial charge in [-0.05, 0) is 59.3 Å². The number of pyridine rings is 3. The Morgan fingerprint density at radius 3 is 2.67 bits per heavy atom. The summed E-state index contributed by atoms with van der Waals surface area (Å²) in [5, 5.41) is 9.45. The molecular formula is C31H40N8O3S. The van der Waals surface area contributed by atoms with Crippen molar-refractivity contribution in [3.8, 4) is 22.8 Å². The summed E-state index contributed by atoms with van der Waals surface area (Å²) in [6.45, 7) is 4.74. The Kier molecular flexibility index (Phi) is 7.76. The lowest BCUT2D eigenvalue weighted by atomic mass is 9.91. The van der Waals surface area contributed by atoms with Crippen molar-refractivity contribution < 1.29 is 13.2 Å². The van der Waals surface area contributed by atoms with Gasteiger partial charge in [0.1, 0.15) is 21.4 Å². The summed E-state index contributed by atoms with van der Waals surface area (Å²) in [4.78, 5) is 18.8. The maximum Gasteiger partial charge on any atom is 0.158 e.